The van der Waals surface area contributed by atoms with Crippen LogP contribution in [0.4, 0.5) is 11.4 Å². The van der Waals surface area contributed by atoms with Crippen LogP contribution in [-0.2, 0) is 11.3 Å². The van der Waals surface area contributed by atoms with Crippen LogP contribution in [0.1, 0.15) is 31.1 Å². The van der Waals surface area contributed by atoms with E-state index in [1.807, 2.05) is 84.7 Å². The minimum Gasteiger partial charge on any atom is -0.389 e. The minimum absolute atomic E-state index is 0.0870. The average molecular weight is 519 g/mol. The van der Waals surface area contributed by atoms with Gasteiger partial charge in [-0.3, -0.25) is 15.1 Å². The molecule has 0 aliphatic carbocycles. The molecule has 0 spiro atoms. The highest BCUT2D eigenvalue weighted by atomic mass is 32.2. The van der Waals surface area contributed by atoms with Gasteiger partial charge in [-0.25, -0.2) is 0 Å². The molecule has 8 heteroatoms. The van der Waals surface area contributed by atoms with Gasteiger partial charge in [0.1, 0.15) is 4.91 Å². The largest absolute Gasteiger partial charge is 0.389 e. The van der Waals surface area contributed by atoms with E-state index in [1.165, 1.54) is 11.8 Å². The van der Waals surface area contributed by atoms with Crippen LogP contribution in [0, 0.1) is 5.41 Å². The van der Waals surface area contributed by atoms with Crippen molar-refractivity contribution in [1.29, 1.82) is 5.41 Å². The summed E-state index contributed by atoms with van der Waals surface area (Å²) in [5, 5.41) is 21.8. The summed E-state index contributed by atoms with van der Waals surface area (Å²) in [5.41, 5.74) is 4.18. The zero-order chi connectivity index (χ0) is 25.7. The number of rotatable bonds is 5. The highest BCUT2D eigenvalue weighted by Crippen LogP contribution is 2.49. The summed E-state index contributed by atoms with van der Waals surface area (Å²) in [6.07, 6.45) is -0.374. The second kappa shape index (κ2) is 11.7. The van der Waals surface area contributed by atoms with Gasteiger partial charge < -0.3 is 15.3 Å². The van der Waals surface area contributed by atoms with Crippen molar-refractivity contribution in [2.45, 2.75) is 31.4 Å². The fraction of sp³-hybridized carbons (Fsp3) is 0.214. The maximum absolute atomic E-state index is 12.9. The number of aliphatic hydroxyl groups excluding tert-OH is 1. The number of carbonyl (C=O) groups is 1. The molecule has 1 fully saturated rings. The molecular weight excluding hydrogens is 488 g/mol. The summed E-state index contributed by atoms with van der Waals surface area (Å²) in [7, 11) is 1.97. The third kappa shape index (κ3) is 5.78. The number of nitrogens with zero attached hydrogens (tertiary/aromatic N) is 2. The number of fused-ring (bicyclic) bond motifs is 1. The lowest BCUT2D eigenvalue weighted by Crippen LogP contribution is -2.28. The van der Waals surface area contributed by atoms with Crippen molar-refractivity contribution < 1.29 is 9.90 Å². The lowest BCUT2D eigenvalue weighted by molar-refractivity contribution is -0.122. The molecule has 2 aliphatic heterocycles. The van der Waals surface area contributed by atoms with Gasteiger partial charge in [-0.05, 0) is 61.0 Å². The molecule has 1 atom stereocenters. The molecule has 2 heterocycles. The first-order valence-electron chi connectivity index (χ1n) is 11.8. The maximum Gasteiger partial charge on any atom is 0.269 e. The van der Waals surface area contributed by atoms with E-state index in [0.29, 0.717) is 11.4 Å². The third-order valence-electron chi connectivity index (χ3n) is 5.77. The molecule has 6 nitrogen and oxygen atoms in total. The Labute approximate surface area is 220 Å². The number of benzene rings is 3. The second-order valence-corrected chi connectivity index (χ2v) is 10.4. The second-order valence-electron chi connectivity index (χ2n) is 8.38. The van der Waals surface area contributed by atoms with E-state index in [0.717, 1.165) is 39.0 Å². The van der Waals surface area contributed by atoms with E-state index in [1.54, 1.807) is 23.6 Å². The van der Waals surface area contributed by atoms with Crippen molar-refractivity contribution in [3.8, 4) is 0 Å². The molecule has 3 aromatic carbocycles. The summed E-state index contributed by atoms with van der Waals surface area (Å²) in [6.45, 7) is 5.18. The van der Waals surface area contributed by atoms with Gasteiger partial charge >= 0.3 is 0 Å². The van der Waals surface area contributed by atoms with Gasteiger partial charge in [-0.2, -0.15) is 0 Å². The Kier molecular flexibility index (Phi) is 8.40. The van der Waals surface area contributed by atoms with E-state index < -0.39 is 0 Å². The Bertz CT molecular complexity index is 1260. The number of amidine groups is 1. The Balaban J connectivity index is 0.000000214. The van der Waals surface area contributed by atoms with Crippen LogP contribution in [0.25, 0.3) is 0 Å². The SMILES string of the molecule is CCNc1ccc(C(C)O)cc1.CN1/C(=C2/SC(=N)N(Cc3ccccc3)C2=O)Sc2ccccc21. The molecule has 1 unspecified atom stereocenters. The third-order valence-corrected chi connectivity index (χ3v) is 8.12. The zero-order valence-corrected chi connectivity index (χ0v) is 22.2. The zero-order valence-electron chi connectivity index (χ0n) is 20.6. The standard InChI is InChI=1S/C18H15N3OS2.C10H15NO/c1-20-13-9-5-6-10-14(13)23-17(20)15-16(22)21(18(19)24-15)11-12-7-3-2-4-8-12;1-3-11-10-6-4-9(5-7-10)8(2)12/h2-10,19H,11H2,1H3;4-8,11-12H,3H2,1-2H3/b17-15-,19-18?;. The van der Waals surface area contributed by atoms with Crippen molar-refractivity contribution in [3.05, 3.63) is 99.9 Å². The Morgan fingerprint density at radius 1 is 0.972 bits per heavy atom. The lowest BCUT2D eigenvalue weighted by Gasteiger charge is -2.16. The number of thioether (sulfide) groups is 2. The highest BCUT2D eigenvalue weighted by molar-refractivity contribution is 8.19. The van der Waals surface area contributed by atoms with Gasteiger partial charge in [-0.1, -0.05) is 66.4 Å². The van der Waals surface area contributed by atoms with Crippen LogP contribution in [0.2, 0.25) is 0 Å². The predicted octanol–water partition coefficient (Wildman–Crippen LogP) is 6.28. The number of aliphatic hydroxyl groups is 1. The van der Waals surface area contributed by atoms with Crippen molar-refractivity contribution >= 4 is 46.0 Å². The Morgan fingerprint density at radius 3 is 2.28 bits per heavy atom. The number of para-hydroxylation sites is 1. The molecule has 0 saturated carbocycles. The number of carbonyl (C=O) groups excluding carboxylic acids is 1. The van der Waals surface area contributed by atoms with Gasteiger partial charge in [-0.15, -0.1) is 0 Å². The van der Waals surface area contributed by atoms with Crippen LogP contribution in [0.3, 0.4) is 0 Å². The van der Waals surface area contributed by atoms with Crippen molar-refractivity contribution in [2.24, 2.45) is 0 Å². The topological polar surface area (TPSA) is 79.7 Å². The molecule has 0 radical (unpaired) electrons. The molecular formula is C28H30N4O2S2. The summed E-state index contributed by atoms with van der Waals surface area (Å²) in [5.74, 6) is -0.0870. The monoisotopic (exact) mass is 518 g/mol. The number of anilines is 2. The summed E-state index contributed by atoms with van der Waals surface area (Å²) < 4.78 is 0. The van der Waals surface area contributed by atoms with E-state index in [2.05, 4.69) is 18.3 Å². The minimum atomic E-state index is -0.374. The quantitative estimate of drug-likeness (QED) is 0.345. The number of nitrogens with one attached hydrogen (secondary N) is 2. The van der Waals surface area contributed by atoms with Crippen LogP contribution in [-0.4, -0.2) is 34.7 Å². The Morgan fingerprint density at radius 2 is 1.64 bits per heavy atom. The molecule has 5 rings (SSSR count). The van der Waals surface area contributed by atoms with E-state index in [-0.39, 0.29) is 17.2 Å². The van der Waals surface area contributed by atoms with Crippen molar-refractivity contribution in [2.75, 3.05) is 23.8 Å². The molecule has 2 aliphatic rings. The molecule has 0 aromatic heterocycles. The van der Waals surface area contributed by atoms with Crippen LogP contribution in [0.15, 0.2) is 93.7 Å². The Hall–Kier alpha value is -3.20. The van der Waals surface area contributed by atoms with Crippen LogP contribution in [0.5, 0.6) is 0 Å². The molecule has 1 saturated heterocycles. The first kappa shape index (κ1) is 25.9. The molecule has 3 aromatic rings. The number of hydrogen-bond donors (Lipinski definition) is 3. The normalized spacial score (nSPS) is 17.6. The van der Waals surface area contributed by atoms with Crippen LogP contribution >= 0.6 is 23.5 Å². The summed E-state index contributed by atoms with van der Waals surface area (Å²) in [4.78, 5) is 18.2. The van der Waals surface area contributed by atoms with Gasteiger partial charge in [0.15, 0.2) is 5.17 Å². The van der Waals surface area contributed by atoms with Crippen molar-refractivity contribution in [1.82, 2.24) is 4.90 Å². The maximum atomic E-state index is 12.9. The molecule has 3 N–H and O–H groups in total. The van der Waals surface area contributed by atoms with Gasteiger partial charge in [0, 0.05) is 24.2 Å². The molecule has 1 amide bonds. The molecule has 186 valence electrons. The summed E-state index contributed by atoms with van der Waals surface area (Å²) in [6, 6.07) is 25.7. The highest BCUT2D eigenvalue weighted by Gasteiger charge is 2.38. The first-order valence-corrected chi connectivity index (χ1v) is 13.4. The van der Waals surface area contributed by atoms with Crippen molar-refractivity contribution in [3.63, 3.8) is 0 Å². The number of amides is 1. The smallest absolute Gasteiger partial charge is 0.269 e. The van der Waals surface area contributed by atoms with Gasteiger partial charge in [0.05, 0.1) is 23.4 Å². The first-order chi connectivity index (χ1) is 17.4. The van der Waals surface area contributed by atoms with Gasteiger partial charge in [0.25, 0.3) is 5.91 Å². The van der Waals surface area contributed by atoms with E-state index >= 15 is 0 Å². The van der Waals surface area contributed by atoms with Crippen LogP contribution < -0.4 is 10.2 Å². The fourth-order valence-electron chi connectivity index (χ4n) is 3.84. The number of hydrogen-bond acceptors (Lipinski definition) is 7. The molecule has 36 heavy (non-hydrogen) atoms. The van der Waals surface area contributed by atoms with E-state index in [9.17, 15) is 9.90 Å². The fourth-order valence-corrected chi connectivity index (χ4v) is 6.04. The molecule has 0 bridgehead atoms. The predicted molar refractivity (Wildman–Crippen MR) is 151 cm³/mol. The summed E-state index contributed by atoms with van der Waals surface area (Å²) >= 11 is 2.85. The van der Waals surface area contributed by atoms with Gasteiger partial charge in [0.2, 0.25) is 0 Å². The lowest BCUT2D eigenvalue weighted by atomic mass is 10.1. The average Bonchev–Trinajstić information content (AvgIpc) is 3.36. The van der Waals surface area contributed by atoms with E-state index in [4.69, 9.17) is 5.41 Å².